The van der Waals surface area contributed by atoms with E-state index in [1.807, 2.05) is 0 Å². The van der Waals surface area contributed by atoms with E-state index < -0.39 is 0 Å². The Morgan fingerprint density at radius 2 is 1.60 bits per heavy atom. The highest BCUT2D eigenvalue weighted by Gasteiger charge is 1.88. The van der Waals surface area contributed by atoms with Crippen LogP contribution in [-0.4, -0.2) is 17.4 Å². The van der Waals surface area contributed by atoms with Gasteiger partial charge in [0.25, 0.3) is 0 Å². The number of pyridine rings is 1. The number of hydrogen-bond donors (Lipinski definition) is 2. The monoisotopic (exact) mass is 133 g/mol. The Kier molecular flexibility index (Phi) is 1.89. The Bertz CT molecular complexity index is 232. The van der Waals surface area contributed by atoms with Crippen molar-refractivity contribution in [2.24, 2.45) is 0 Å². The summed E-state index contributed by atoms with van der Waals surface area (Å²) in [6.07, 6.45) is 2.32. The molecule has 2 N–H and O–H groups in total. The van der Waals surface area contributed by atoms with E-state index in [0.29, 0.717) is 11.4 Å². The molecule has 1 heterocycles. The Morgan fingerprint density at radius 1 is 1.10 bits per heavy atom. The van der Waals surface area contributed by atoms with Crippen LogP contribution in [0.4, 0.5) is 0 Å². The second-order valence-corrected chi connectivity index (χ2v) is 1.78. The van der Waals surface area contributed by atoms with E-state index in [1.165, 1.54) is 0 Å². The first-order valence-corrected chi connectivity index (χ1v) is 2.85. The van der Waals surface area contributed by atoms with Crippen molar-refractivity contribution in [3.63, 3.8) is 0 Å². The molecular weight excluding hydrogens is 126 g/mol. The quantitative estimate of drug-likeness (QED) is 0.582. The Hall–Kier alpha value is -1.51. The standard InChI is InChI=1S/C7H7N3/c8-4-6-2-1-3-7(5-9)10-6/h1-5,8-9H. The van der Waals surface area contributed by atoms with Gasteiger partial charge in [0.15, 0.2) is 0 Å². The van der Waals surface area contributed by atoms with Crippen LogP contribution in [0.5, 0.6) is 0 Å². The van der Waals surface area contributed by atoms with Crippen molar-refractivity contribution >= 4 is 12.4 Å². The molecule has 0 radical (unpaired) electrons. The van der Waals surface area contributed by atoms with E-state index in [0.717, 1.165) is 12.4 Å². The fourth-order valence-electron chi connectivity index (χ4n) is 0.630. The molecule has 1 aromatic heterocycles. The maximum absolute atomic E-state index is 6.85. The molecule has 0 aliphatic carbocycles. The van der Waals surface area contributed by atoms with E-state index in [-0.39, 0.29) is 0 Å². The molecule has 3 heteroatoms. The molecule has 0 spiro atoms. The zero-order valence-corrected chi connectivity index (χ0v) is 5.33. The van der Waals surface area contributed by atoms with Gasteiger partial charge in [-0.25, -0.2) is 4.98 Å². The molecule has 0 bridgehead atoms. The molecule has 3 nitrogen and oxygen atoms in total. The molecule has 0 amide bonds. The Balaban J connectivity index is 3.09. The van der Waals surface area contributed by atoms with Crippen LogP contribution in [0.15, 0.2) is 18.2 Å². The van der Waals surface area contributed by atoms with E-state index >= 15 is 0 Å². The predicted octanol–water partition coefficient (Wildman–Crippen LogP) is 1.08. The lowest BCUT2D eigenvalue weighted by atomic mass is 10.3. The SMILES string of the molecule is N=Cc1cccc(C=N)n1. The molecule has 0 aliphatic heterocycles. The summed E-state index contributed by atoms with van der Waals surface area (Å²) in [5, 5.41) is 13.7. The van der Waals surface area contributed by atoms with Crippen LogP contribution in [-0.2, 0) is 0 Å². The van der Waals surface area contributed by atoms with Crippen LogP contribution >= 0.6 is 0 Å². The summed E-state index contributed by atoms with van der Waals surface area (Å²) in [6, 6.07) is 5.22. The molecule has 1 rings (SSSR count). The van der Waals surface area contributed by atoms with Crippen molar-refractivity contribution in [2.45, 2.75) is 0 Å². The van der Waals surface area contributed by atoms with Crippen molar-refractivity contribution in [1.82, 2.24) is 4.98 Å². The number of nitrogens with one attached hydrogen (secondary N) is 2. The highest BCUT2D eigenvalue weighted by molar-refractivity contribution is 5.78. The average molecular weight is 133 g/mol. The van der Waals surface area contributed by atoms with E-state index in [2.05, 4.69) is 4.98 Å². The van der Waals surface area contributed by atoms with Crippen LogP contribution in [0.2, 0.25) is 0 Å². The average Bonchev–Trinajstić information content (AvgIpc) is 2.05. The summed E-state index contributed by atoms with van der Waals surface area (Å²) in [7, 11) is 0. The molecule has 50 valence electrons. The molecule has 0 fully saturated rings. The van der Waals surface area contributed by atoms with Gasteiger partial charge >= 0.3 is 0 Å². The lowest BCUT2D eigenvalue weighted by molar-refractivity contribution is 1.26. The molecule has 0 unspecified atom stereocenters. The van der Waals surface area contributed by atoms with Crippen LogP contribution in [0, 0.1) is 10.8 Å². The summed E-state index contributed by atoms with van der Waals surface area (Å²) in [4.78, 5) is 3.92. The Labute approximate surface area is 58.8 Å². The number of hydrogen-bond acceptors (Lipinski definition) is 3. The number of aromatic nitrogens is 1. The van der Waals surface area contributed by atoms with Gasteiger partial charge in [-0.2, -0.15) is 0 Å². The minimum atomic E-state index is 0.584. The molecule has 0 aromatic carbocycles. The van der Waals surface area contributed by atoms with Gasteiger partial charge in [0, 0.05) is 12.4 Å². The molecule has 0 saturated carbocycles. The first-order chi connectivity index (χ1) is 4.86. The summed E-state index contributed by atoms with van der Waals surface area (Å²) in [5.41, 5.74) is 1.17. The van der Waals surface area contributed by atoms with Crippen molar-refractivity contribution in [3.05, 3.63) is 29.6 Å². The number of nitrogens with zero attached hydrogens (tertiary/aromatic N) is 1. The lowest BCUT2D eigenvalue weighted by Gasteiger charge is -1.91. The fraction of sp³-hybridized carbons (Fsp3) is 0. The van der Waals surface area contributed by atoms with Gasteiger partial charge in [-0.05, 0) is 12.1 Å². The van der Waals surface area contributed by atoms with E-state index in [1.54, 1.807) is 18.2 Å². The summed E-state index contributed by atoms with van der Waals surface area (Å²) in [5.74, 6) is 0. The highest BCUT2D eigenvalue weighted by Crippen LogP contribution is 1.92. The van der Waals surface area contributed by atoms with Gasteiger partial charge in [0.2, 0.25) is 0 Å². The van der Waals surface area contributed by atoms with E-state index in [4.69, 9.17) is 10.8 Å². The third-order valence-electron chi connectivity index (χ3n) is 1.09. The Morgan fingerprint density at radius 3 is 2.00 bits per heavy atom. The summed E-state index contributed by atoms with van der Waals surface area (Å²) in [6.45, 7) is 0. The van der Waals surface area contributed by atoms with Gasteiger partial charge in [-0.1, -0.05) is 6.07 Å². The van der Waals surface area contributed by atoms with Gasteiger partial charge in [-0.3, -0.25) is 0 Å². The first kappa shape index (κ1) is 6.61. The molecular formula is C7H7N3. The smallest absolute Gasteiger partial charge is 0.0813 e. The summed E-state index contributed by atoms with van der Waals surface area (Å²) < 4.78 is 0. The molecule has 1 aromatic rings. The second kappa shape index (κ2) is 2.87. The zero-order chi connectivity index (χ0) is 7.40. The zero-order valence-electron chi connectivity index (χ0n) is 5.33. The predicted molar refractivity (Wildman–Crippen MR) is 40.0 cm³/mol. The maximum Gasteiger partial charge on any atom is 0.0813 e. The minimum absolute atomic E-state index is 0.584. The topological polar surface area (TPSA) is 60.6 Å². The lowest BCUT2D eigenvalue weighted by Crippen LogP contribution is -1.90. The fourth-order valence-corrected chi connectivity index (χ4v) is 0.630. The normalized spacial score (nSPS) is 8.80. The molecule has 10 heavy (non-hydrogen) atoms. The van der Waals surface area contributed by atoms with Crippen molar-refractivity contribution in [3.8, 4) is 0 Å². The minimum Gasteiger partial charge on any atom is -0.307 e. The first-order valence-electron chi connectivity index (χ1n) is 2.85. The van der Waals surface area contributed by atoms with Crippen molar-refractivity contribution in [1.29, 1.82) is 10.8 Å². The maximum atomic E-state index is 6.85. The van der Waals surface area contributed by atoms with Crippen molar-refractivity contribution in [2.75, 3.05) is 0 Å². The molecule has 0 saturated heterocycles. The largest absolute Gasteiger partial charge is 0.307 e. The van der Waals surface area contributed by atoms with Gasteiger partial charge in [-0.15, -0.1) is 0 Å². The second-order valence-electron chi connectivity index (χ2n) is 1.78. The highest BCUT2D eigenvalue weighted by atomic mass is 14.7. The third kappa shape index (κ3) is 1.25. The van der Waals surface area contributed by atoms with Crippen LogP contribution < -0.4 is 0 Å². The van der Waals surface area contributed by atoms with Gasteiger partial charge < -0.3 is 10.8 Å². The number of rotatable bonds is 2. The van der Waals surface area contributed by atoms with Crippen molar-refractivity contribution < 1.29 is 0 Å². The van der Waals surface area contributed by atoms with Gasteiger partial charge in [0.1, 0.15) is 0 Å². The molecule has 0 aliphatic rings. The summed E-state index contributed by atoms with van der Waals surface area (Å²) >= 11 is 0. The van der Waals surface area contributed by atoms with E-state index in [9.17, 15) is 0 Å². The third-order valence-corrected chi connectivity index (χ3v) is 1.09. The molecule has 0 atom stereocenters. The van der Waals surface area contributed by atoms with Crippen LogP contribution in [0.1, 0.15) is 11.4 Å². The van der Waals surface area contributed by atoms with Crippen LogP contribution in [0.25, 0.3) is 0 Å². The van der Waals surface area contributed by atoms with Gasteiger partial charge in [0.05, 0.1) is 11.4 Å². The van der Waals surface area contributed by atoms with Crippen LogP contribution in [0.3, 0.4) is 0 Å².